The molecule has 39 heavy (non-hydrogen) atoms. The molecule has 214 valence electrons. The van der Waals surface area contributed by atoms with Gasteiger partial charge in [0.15, 0.2) is 0 Å². The fourth-order valence-electron chi connectivity index (χ4n) is 4.62. The maximum Gasteiger partial charge on any atom is 0.242 e. The molecule has 0 radical (unpaired) electrons. The van der Waals surface area contributed by atoms with Gasteiger partial charge in [0.1, 0.15) is 11.8 Å². The Kier molecular flexibility index (Phi) is 11.2. The van der Waals surface area contributed by atoms with E-state index in [-0.39, 0.29) is 48.8 Å². The largest absolute Gasteiger partial charge is 0.495 e. The molecule has 1 aliphatic rings. The zero-order chi connectivity index (χ0) is 28.7. The average molecular weight is 619 g/mol. The molecule has 0 unspecified atom stereocenters. The molecule has 0 aliphatic heterocycles. The van der Waals surface area contributed by atoms with Gasteiger partial charge >= 0.3 is 0 Å². The van der Waals surface area contributed by atoms with E-state index in [0.717, 1.165) is 31.9 Å². The first kappa shape index (κ1) is 31.3. The summed E-state index contributed by atoms with van der Waals surface area (Å²) < 4.78 is 31.5. The molecule has 1 N–H and O–H groups in total. The van der Waals surface area contributed by atoms with Crippen LogP contribution in [0, 0.1) is 0 Å². The number of ether oxygens (including phenoxy) is 1. The normalized spacial score (nSPS) is 14.6. The van der Waals surface area contributed by atoms with Crippen LogP contribution in [0.3, 0.4) is 0 Å². The van der Waals surface area contributed by atoms with Gasteiger partial charge in [-0.3, -0.25) is 13.9 Å². The van der Waals surface area contributed by atoms with Gasteiger partial charge in [-0.25, -0.2) is 8.42 Å². The summed E-state index contributed by atoms with van der Waals surface area (Å²) in [4.78, 5) is 28.1. The van der Waals surface area contributed by atoms with Crippen molar-refractivity contribution in [3.05, 3.63) is 57.0 Å². The zero-order valence-electron chi connectivity index (χ0n) is 22.3. The number of sulfonamides is 1. The molecule has 0 heterocycles. The predicted octanol–water partition coefficient (Wildman–Crippen LogP) is 5.68. The first-order valence-electron chi connectivity index (χ1n) is 12.8. The first-order chi connectivity index (χ1) is 18.4. The molecular formula is C27H34Cl3N3O5S. The van der Waals surface area contributed by atoms with Crippen molar-refractivity contribution >= 4 is 62.3 Å². The van der Waals surface area contributed by atoms with Crippen molar-refractivity contribution in [1.82, 2.24) is 10.2 Å². The van der Waals surface area contributed by atoms with Crippen molar-refractivity contribution in [3.8, 4) is 5.75 Å². The van der Waals surface area contributed by atoms with Crippen molar-refractivity contribution in [1.29, 1.82) is 0 Å². The summed E-state index contributed by atoms with van der Waals surface area (Å²) in [6, 6.07) is 9.04. The third-order valence-electron chi connectivity index (χ3n) is 6.80. The lowest BCUT2D eigenvalue weighted by atomic mass is 10.1. The fraction of sp³-hybridized carbons (Fsp3) is 0.481. The van der Waals surface area contributed by atoms with Crippen LogP contribution in [0.15, 0.2) is 36.4 Å². The third kappa shape index (κ3) is 8.64. The molecule has 0 aromatic heterocycles. The monoisotopic (exact) mass is 617 g/mol. The maximum absolute atomic E-state index is 13.5. The summed E-state index contributed by atoms with van der Waals surface area (Å²) in [6.45, 7) is 1.84. The minimum atomic E-state index is -3.66. The van der Waals surface area contributed by atoms with Gasteiger partial charge in [-0.1, -0.05) is 53.7 Å². The highest BCUT2D eigenvalue weighted by Gasteiger charge is 2.29. The van der Waals surface area contributed by atoms with Crippen molar-refractivity contribution in [3.63, 3.8) is 0 Å². The minimum Gasteiger partial charge on any atom is -0.495 e. The lowest BCUT2D eigenvalue weighted by Crippen LogP contribution is -2.49. The van der Waals surface area contributed by atoms with E-state index in [1.165, 1.54) is 22.4 Å². The zero-order valence-corrected chi connectivity index (χ0v) is 25.3. The molecule has 1 fully saturated rings. The van der Waals surface area contributed by atoms with Crippen molar-refractivity contribution < 1.29 is 22.7 Å². The number of hydrogen-bond donors (Lipinski definition) is 1. The van der Waals surface area contributed by atoms with E-state index in [1.807, 2.05) is 0 Å². The number of carbonyl (C=O) groups excluding carboxylic acids is 2. The molecule has 12 heteroatoms. The Hall–Kier alpha value is -2.20. The molecule has 2 aromatic rings. The SMILES string of the molecule is COc1ccc(N(CCCC(=O)N(Cc2ccc(Cl)cc2Cl)[C@@H](C)C(=O)NC2CCCC2)S(C)(=O)=O)cc1Cl. The van der Waals surface area contributed by atoms with Crippen LogP contribution in [0.25, 0.3) is 0 Å². The third-order valence-corrected chi connectivity index (χ3v) is 8.88. The number of benzene rings is 2. The van der Waals surface area contributed by atoms with Gasteiger partial charge in [0, 0.05) is 35.6 Å². The highest BCUT2D eigenvalue weighted by molar-refractivity contribution is 7.92. The number of anilines is 1. The topological polar surface area (TPSA) is 96.0 Å². The van der Waals surface area contributed by atoms with Crippen LogP contribution in [-0.2, 0) is 26.2 Å². The number of rotatable bonds is 12. The van der Waals surface area contributed by atoms with Crippen LogP contribution < -0.4 is 14.4 Å². The van der Waals surface area contributed by atoms with Gasteiger partial charge in [-0.15, -0.1) is 0 Å². The molecule has 8 nitrogen and oxygen atoms in total. The van der Waals surface area contributed by atoms with E-state index >= 15 is 0 Å². The number of carbonyl (C=O) groups is 2. The van der Waals surface area contributed by atoms with E-state index in [4.69, 9.17) is 39.5 Å². The Bertz CT molecular complexity index is 1290. The predicted molar refractivity (Wildman–Crippen MR) is 156 cm³/mol. The summed E-state index contributed by atoms with van der Waals surface area (Å²) in [5.74, 6) is -0.104. The standard InChI is InChI=1S/C27H34Cl3N3O5S/c1-18(27(35)31-21-7-4-5-8-21)32(17-19-10-11-20(28)15-23(19)29)26(34)9-6-14-33(39(3,36)37)22-12-13-25(38-2)24(30)16-22/h10-13,15-16,18,21H,4-9,14,17H2,1-3H3,(H,31,35)/t18-/m0/s1. The highest BCUT2D eigenvalue weighted by atomic mass is 35.5. The number of hydrogen-bond acceptors (Lipinski definition) is 5. The van der Waals surface area contributed by atoms with Crippen molar-refractivity contribution in [2.75, 3.05) is 24.2 Å². The quantitative estimate of drug-likeness (QED) is 0.330. The molecule has 2 aromatic carbocycles. The molecule has 0 saturated heterocycles. The Morgan fingerprint density at radius 3 is 2.36 bits per heavy atom. The molecule has 0 spiro atoms. The second kappa shape index (κ2) is 13.9. The minimum absolute atomic E-state index is 0.0160. The molecule has 1 saturated carbocycles. The van der Waals surface area contributed by atoms with Crippen LogP contribution in [-0.4, -0.2) is 57.1 Å². The van der Waals surface area contributed by atoms with Crippen LogP contribution in [0.4, 0.5) is 5.69 Å². The van der Waals surface area contributed by atoms with E-state index in [1.54, 1.807) is 37.3 Å². The van der Waals surface area contributed by atoms with E-state index < -0.39 is 16.1 Å². The molecule has 1 atom stereocenters. The number of nitrogens with zero attached hydrogens (tertiary/aromatic N) is 2. The smallest absolute Gasteiger partial charge is 0.242 e. The molecule has 0 bridgehead atoms. The summed E-state index contributed by atoms with van der Waals surface area (Å²) >= 11 is 18.6. The Morgan fingerprint density at radius 1 is 1.08 bits per heavy atom. The van der Waals surface area contributed by atoms with E-state index in [9.17, 15) is 18.0 Å². The number of halogens is 3. The van der Waals surface area contributed by atoms with Crippen LogP contribution in [0.2, 0.25) is 15.1 Å². The van der Waals surface area contributed by atoms with Gasteiger partial charge in [-0.05, 0) is 62.1 Å². The van der Waals surface area contributed by atoms with Gasteiger partial charge in [0.25, 0.3) is 0 Å². The lowest BCUT2D eigenvalue weighted by molar-refractivity contribution is -0.140. The molecule has 3 rings (SSSR count). The maximum atomic E-state index is 13.5. The summed E-state index contributed by atoms with van der Waals surface area (Å²) in [6.07, 6.45) is 5.31. The van der Waals surface area contributed by atoms with Crippen LogP contribution in [0.1, 0.15) is 51.0 Å². The summed E-state index contributed by atoms with van der Waals surface area (Å²) in [5, 5.41) is 4.19. The highest BCUT2D eigenvalue weighted by Crippen LogP contribution is 2.30. The Morgan fingerprint density at radius 2 is 1.77 bits per heavy atom. The van der Waals surface area contributed by atoms with Crippen LogP contribution >= 0.6 is 34.8 Å². The number of nitrogens with one attached hydrogen (secondary N) is 1. The van der Waals surface area contributed by atoms with E-state index in [0.29, 0.717) is 27.0 Å². The van der Waals surface area contributed by atoms with Crippen molar-refractivity contribution in [2.45, 2.75) is 64.1 Å². The fourth-order valence-corrected chi connectivity index (χ4v) is 6.30. The van der Waals surface area contributed by atoms with Crippen molar-refractivity contribution in [2.24, 2.45) is 0 Å². The van der Waals surface area contributed by atoms with Gasteiger partial charge in [0.05, 0.1) is 24.1 Å². The summed E-state index contributed by atoms with van der Waals surface area (Å²) in [7, 11) is -2.19. The average Bonchev–Trinajstić information content (AvgIpc) is 3.38. The molecule has 2 amide bonds. The number of methoxy groups -OCH3 is 1. The lowest BCUT2D eigenvalue weighted by Gasteiger charge is -2.30. The second-order valence-corrected chi connectivity index (χ2v) is 12.8. The first-order valence-corrected chi connectivity index (χ1v) is 15.7. The van der Waals surface area contributed by atoms with E-state index in [2.05, 4.69) is 5.32 Å². The Labute approximate surface area is 245 Å². The van der Waals surface area contributed by atoms with Gasteiger partial charge < -0.3 is 15.0 Å². The van der Waals surface area contributed by atoms with Gasteiger partial charge in [0.2, 0.25) is 21.8 Å². The van der Waals surface area contributed by atoms with Crippen LogP contribution in [0.5, 0.6) is 5.75 Å². The molecular weight excluding hydrogens is 585 g/mol. The summed E-state index contributed by atoms with van der Waals surface area (Å²) in [5.41, 5.74) is 1.02. The Balaban J connectivity index is 1.75. The van der Waals surface area contributed by atoms with Gasteiger partial charge in [-0.2, -0.15) is 0 Å². The number of amides is 2. The second-order valence-electron chi connectivity index (χ2n) is 9.68. The molecule has 1 aliphatic carbocycles.